The van der Waals surface area contributed by atoms with Crippen molar-refractivity contribution in [2.24, 2.45) is 0 Å². The molecule has 4 rings (SSSR count). The molecular weight excluding hydrogens is 534 g/mol. The van der Waals surface area contributed by atoms with Crippen LogP contribution in [0.1, 0.15) is 32.1 Å². The first-order chi connectivity index (χ1) is 16.3. The number of aromatic amines is 1. The van der Waals surface area contributed by atoms with E-state index in [1.54, 1.807) is 49.6 Å². The van der Waals surface area contributed by atoms with Gasteiger partial charge in [0, 0.05) is 28.5 Å². The summed E-state index contributed by atoms with van der Waals surface area (Å²) >= 11 is 18.4. The fraction of sp³-hybridized carbons (Fsp3) is 0.125. The Labute approximate surface area is 222 Å². The predicted molar refractivity (Wildman–Crippen MR) is 143 cm³/mol. The van der Waals surface area contributed by atoms with Gasteiger partial charge < -0.3 is 20.4 Å². The van der Waals surface area contributed by atoms with Crippen LogP contribution in [0.4, 0.5) is 11.4 Å². The second-order valence-electron chi connectivity index (χ2n) is 7.48. The number of aromatic nitrogens is 2. The maximum absolute atomic E-state index is 13.3. The number of methoxy groups -OCH3 is 1. The third-order valence-corrected chi connectivity index (χ3v) is 6.08. The van der Waals surface area contributed by atoms with Gasteiger partial charge in [-0.1, -0.05) is 40.9 Å². The summed E-state index contributed by atoms with van der Waals surface area (Å²) in [5, 5.41) is 6.80. The fourth-order valence-corrected chi connectivity index (χ4v) is 3.97. The van der Waals surface area contributed by atoms with Crippen LogP contribution in [0.25, 0.3) is 11.0 Å². The number of anilines is 2. The molecular formula is C24H20Cl4N4O3. The number of hydrogen-bond acceptors (Lipinski definition) is 4. The van der Waals surface area contributed by atoms with E-state index in [2.05, 4.69) is 20.6 Å². The van der Waals surface area contributed by atoms with Gasteiger partial charge in [0.15, 0.2) is 0 Å². The lowest BCUT2D eigenvalue weighted by Gasteiger charge is -2.12. The smallest absolute Gasteiger partial charge is 0.258 e. The number of imidazole rings is 1. The molecule has 0 radical (unpaired) electrons. The summed E-state index contributed by atoms with van der Waals surface area (Å²) in [6, 6.07) is 13.1. The van der Waals surface area contributed by atoms with E-state index in [1.165, 1.54) is 6.07 Å². The molecule has 0 unspecified atom stereocenters. The molecule has 0 saturated heterocycles. The molecule has 7 nitrogen and oxygen atoms in total. The highest BCUT2D eigenvalue weighted by atomic mass is 35.5. The van der Waals surface area contributed by atoms with Crippen molar-refractivity contribution in [1.29, 1.82) is 0 Å². The van der Waals surface area contributed by atoms with E-state index in [9.17, 15) is 9.59 Å². The van der Waals surface area contributed by atoms with Crippen molar-refractivity contribution in [2.45, 2.75) is 13.5 Å². The summed E-state index contributed by atoms with van der Waals surface area (Å²) in [6.07, 6.45) is 0. The Morgan fingerprint density at radius 1 is 0.971 bits per heavy atom. The Balaban J connectivity index is 0.00000342. The van der Waals surface area contributed by atoms with Crippen molar-refractivity contribution in [3.63, 3.8) is 0 Å². The summed E-state index contributed by atoms with van der Waals surface area (Å²) in [7, 11) is 1.54. The normalized spacial score (nSPS) is 10.7. The van der Waals surface area contributed by atoms with Crippen molar-refractivity contribution in [3.8, 4) is 0 Å². The number of carbonyl (C=O) groups excluding carboxylic acids is 2. The number of benzene rings is 3. The van der Waals surface area contributed by atoms with Gasteiger partial charge in [-0.15, -0.1) is 12.4 Å². The molecule has 1 heterocycles. The van der Waals surface area contributed by atoms with E-state index in [4.69, 9.17) is 39.5 Å². The summed E-state index contributed by atoms with van der Waals surface area (Å²) in [4.78, 5) is 33.7. The summed E-state index contributed by atoms with van der Waals surface area (Å²) in [6.45, 7) is 2.03. The maximum atomic E-state index is 13.3. The van der Waals surface area contributed by atoms with Gasteiger partial charge in [-0.05, 0) is 55.0 Å². The van der Waals surface area contributed by atoms with Crippen molar-refractivity contribution in [3.05, 3.63) is 86.1 Å². The zero-order valence-electron chi connectivity index (χ0n) is 18.5. The van der Waals surface area contributed by atoms with Gasteiger partial charge in [-0.25, -0.2) is 4.98 Å². The van der Waals surface area contributed by atoms with Crippen molar-refractivity contribution < 1.29 is 14.3 Å². The van der Waals surface area contributed by atoms with Gasteiger partial charge in [-0.3, -0.25) is 9.59 Å². The van der Waals surface area contributed by atoms with Crippen LogP contribution >= 0.6 is 47.2 Å². The Bertz CT molecular complexity index is 1420. The minimum absolute atomic E-state index is 0. The van der Waals surface area contributed by atoms with E-state index < -0.39 is 11.8 Å². The lowest BCUT2D eigenvalue weighted by atomic mass is 10.1. The highest BCUT2D eigenvalue weighted by molar-refractivity contribution is 6.36. The first-order valence-electron chi connectivity index (χ1n) is 10.1. The van der Waals surface area contributed by atoms with Crippen LogP contribution in [0.15, 0.2) is 48.5 Å². The standard InChI is InChI=1S/C24H19Cl3N4O3.ClH/c1-12-17(26)4-3-5-19(12)30-24(33)16-9-14(10-20-22(16)31-21(29-20)11-34-2)28-23(32)15-8-13(25)6-7-18(15)27;/h3-10H,11H2,1-2H3,(H,28,32)(H,29,31)(H,30,33);1H. The topological polar surface area (TPSA) is 96.1 Å². The van der Waals surface area contributed by atoms with Gasteiger partial charge in [0.05, 0.1) is 21.7 Å². The number of carbonyl (C=O) groups is 2. The zero-order chi connectivity index (χ0) is 24.4. The van der Waals surface area contributed by atoms with Crippen LogP contribution in [0, 0.1) is 6.92 Å². The van der Waals surface area contributed by atoms with Crippen LogP contribution < -0.4 is 10.6 Å². The van der Waals surface area contributed by atoms with Crippen molar-refractivity contribution >= 4 is 81.4 Å². The predicted octanol–water partition coefficient (Wildman–Crippen LogP) is 6.90. The van der Waals surface area contributed by atoms with E-state index in [0.717, 1.165) is 5.56 Å². The summed E-state index contributed by atoms with van der Waals surface area (Å²) in [5.41, 5.74) is 3.11. The Morgan fingerprint density at radius 3 is 2.46 bits per heavy atom. The van der Waals surface area contributed by atoms with Crippen LogP contribution in [0.2, 0.25) is 15.1 Å². The Kier molecular flexibility index (Phi) is 8.64. The van der Waals surface area contributed by atoms with Crippen LogP contribution in [0.5, 0.6) is 0 Å². The maximum Gasteiger partial charge on any atom is 0.258 e. The van der Waals surface area contributed by atoms with Crippen LogP contribution in [-0.4, -0.2) is 28.9 Å². The number of rotatable bonds is 6. The minimum Gasteiger partial charge on any atom is -0.377 e. The van der Waals surface area contributed by atoms with Crippen molar-refractivity contribution in [1.82, 2.24) is 9.97 Å². The average molecular weight is 554 g/mol. The third kappa shape index (κ3) is 5.89. The molecule has 3 aromatic carbocycles. The number of halogens is 4. The largest absolute Gasteiger partial charge is 0.377 e. The van der Waals surface area contributed by atoms with E-state index >= 15 is 0 Å². The number of H-pyrrole nitrogens is 1. The molecule has 182 valence electrons. The molecule has 4 aromatic rings. The first-order valence-corrected chi connectivity index (χ1v) is 11.2. The third-order valence-electron chi connectivity index (χ3n) is 5.11. The lowest BCUT2D eigenvalue weighted by molar-refractivity contribution is 0.101. The monoisotopic (exact) mass is 552 g/mol. The second-order valence-corrected chi connectivity index (χ2v) is 8.73. The summed E-state index contributed by atoms with van der Waals surface area (Å²) in [5.74, 6) is -0.352. The van der Waals surface area contributed by atoms with Gasteiger partial charge in [0.25, 0.3) is 11.8 Å². The van der Waals surface area contributed by atoms with E-state index in [-0.39, 0.29) is 35.2 Å². The molecule has 0 atom stereocenters. The van der Waals surface area contributed by atoms with Gasteiger partial charge in [-0.2, -0.15) is 0 Å². The molecule has 0 aliphatic heterocycles. The number of nitrogens with zero attached hydrogens (tertiary/aromatic N) is 1. The number of fused-ring (bicyclic) bond motifs is 1. The fourth-order valence-electron chi connectivity index (χ4n) is 3.42. The second kappa shape index (κ2) is 11.3. The van der Waals surface area contributed by atoms with Gasteiger partial charge >= 0.3 is 0 Å². The molecule has 3 N–H and O–H groups in total. The first kappa shape index (κ1) is 26.8. The summed E-state index contributed by atoms with van der Waals surface area (Å²) < 4.78 is 5.15. The number of hydrogen-bond donors (Lipinski definition) is 3. The van der Waals surface area contributed by atoms with Gasteiger partial charge in [0.2, 0.25) is 0 Å². The Hall–Kier alpha value is -2.81. The zero-order valence-corrected chi connectivity index (χ0v) is 21.6. The highest BCUT2D eigenvalue weighted by Gasteiger charge is 2.19. The van der Waals surface area contributed by atoms with Crippen molar-refractivity contribution in [2.75, 3.05) is 17.7 Å². The lowest BCUT2D eigenvalue weighted by Crippen LogP contribution is -2.16. The molecule has 0 spiro atoms. The number of nitrogens with one attached hydrogen (secondary N) is 3. The van der Waals surface area contributed by atoms with E-state index in [1.807, 2.05) is 6.92 Å². The quantitative estimate of drug-likeness (QED) is 0.242. The molecule has 0 aliphatic carbocycles. The molecule has 0 bridgehead atoms. The number of amides is 2. The number of ether oxygens (including phenoxy) is 1. The van der Waals surface area contributed by atoms with E-state index in [0.29, 0.717) is 38.3 Å². The molecule has 35 heavy (non-hydrogen) atoms. The SMILES string of the molecule is COCc1nc2c(C(=O)Nc3cccc(Cl)c3C)cc(NC(=O)c3cc(Cl)ccc3Cl)cc2[nH]1.Cl. The Morgan fingerprint density at radius 2 is 1.71 bits per heavy atom. The molecule has 2 amide bonds. The average Bonchev–Trinajstić information content (AvgIpc) is 3.20. The molecule has 0 aliphatic rings. The van der Waals surface area contributed by atoms with Crippen LogP contribution in [-0.2, 0) is 11.3 Å². The van der Waals surface area contributed by atoms with Crippen LogP contribution in [0.3, 0.4) is 0 Å². The molecule has 0 fully saturated rings. The van der Waals surface area contributed by atoms with Gasteiger partial charge in [0.1, 0.15) is 17.9 Å². The molecule has 0 saturated carbocycles. The minimum atomic E-state index is -0.472. The molecule has 11 heteroatoms. The molecule has 1 aromatic heterocycles. The highest BCUT2D eigenvalue weighted by Crippen LogP contribution is 2.28.